The number of piperidine rings is 1. The third kappa shape index (κ3) is 4.80. The van der Waals surface area contributed by atoms with Crippen molar-refractivity contribution in [2.45, 2.75) is 25.7 Å². The first-order chi connectivity index (χ1) is 8.79. The standard InChI is InChI=1S/C14H21N3O.ClH/c15-6-5-12-4-2-8-17(11-12)14(18)9-13-3-1-7-16-10-13;/h1,3,7,10,12H,2,4-6,8-9,11,15H2;1H. The fourth-order valence-electron chi connectivity index (χ4n) is 2.55. The lowest BCUT2D eigenvalue weighted by molar-refractivity contribution is -0.132. The number of likely N-dealkylation sites (tertiary alicyclic amines) is 1. The van der Waals surface area contributed by atoms with E-state index in [4.69, 9.17) is 5.73 Å². The molecule has 1 aromatic heterocycles. The predicted octanol–water partition coefficient (Wildman–Crippen LogP) is 1.63. The molecule has 106 valence electrons. The molecule has 0 aliphatic carbocycles. The average molecular weight is 284 g/mol. The molecule has 0 bridgehead atoms. The molecule has 19 heavy (non-hydrogen) atoms. The predicted molar refractivity (Wildman–Crippen MR) is 78.2 cm³/mol. The summed E-state index contributed by atoms with van der Waals surface area (Å²) >= 11 is 0. The highest BCUT2D eigenvalue weighted by Crippen LogP contribution is 2.19. The summed E-state index contributed by atoms with van der Waals surface area (Å²) < 4.78 is 0. The third-order valence-corrected chi connectivity index (χ3v) is 3.52. The van der Waals surface area contributed by atoms with Gasteiger partial charge in [0.15, 0.2) is 0 Å². The van der Waals surface area contributed by atoms with Crippen molar-refractivity contribution >= 4 is 18.3 Å². The minimum absolute atomic E-state index is 0. The number of nitrogens with two attached hydrogens (primary N) is 1. The summed E-state index contributed by atoms with van der Waals surface area (Å²) in [5.41, 5.74) is 6.58. The Morgan fingerprint density at radius 2 is 2.37 bits per heavy atom. The minimum atomic E-state index is 0. The van der Waals surface area contributed by atoms with Crippen molar-refractivity contribution in [3.63, 3.8) is 0 Å². The van der Waals surface area contributed by atoms with E-state index in [-0.39, 0.29) is 18.3 Å². The van der Waals surface area contributed by atoms with Gasteiger partial charge in [-0.05, 0) is 43.4 Å². The van der Waals surface area contributed by atoms with Crippen LogP contribution < -0.4 is 5.73 Å². The highest BCUT2D eigenvalue weighted by Gasteiger charge is 2.22. The van der Waals surface area contributed by atoms with Crippen molar-refractivity contribution in [1.29, 1.82) is 0 Å². The largest absolute Gasteiger partial charge is 0.342 e. The Morgan fingerprint density at radius 1 is 1.53 bits per heavy atom. The lowest BCUT2D eigenvalue weighted by Gasteiger charge is -2.32. The number of carbonyl (C=O) groups excluding carboxylic acids is 1. The summed E-state index contributed by atoms with van der Waals surface area (Å²) in [6.07, 6.45) is 7.28. The molecule has 0 spiro atoms. The zero-order valence-electron chi connectivity index (χ0n) is 11.1. The molecule has 2 rings (SSSR count). The second-order valence-corrected chi connectivity index (χ2v) is 4.96. The summed E-state index contributed by atoms with van der Waals surface area (Å²) in [6, 6.07) is 3.82. The van der Waals surface area contributed by atoms with Crippen molar-refractivity contribution < 1.29 is 4.79 Å². The van der Waals surface area contributed by atoms with Crippen LogP contribution in [0.2, 0.25) is 0 Å². The number of hydrogen-bond acceptors (Lipinski definition) is 3. The molecule has 1 atom stereocenters. The zero-order valence-corrected chi connectivity index (χ0v) is 11.9. The molecule has 1 amide bonds. The number of nitrogens with zero attached hydrogens (tertiary/aromatic N) is 2. The zero-order chi connectivity index (χ0) is 12.8. The van der Waals surface area contributed by atoms with E-state index in [9.17, 15) is 4.79 Å². The highest BCUT2D eigenvalue weighted by molar-refractivity contribution is 5.85. The molecule has 5 heteroatoms. The van der Waals surface area contributed by atoms with Crippen molar-refractivity contribution in [3.05, 3.63) is 30.1 Å². The molecule has 0 radical (unpaired) electrons. The van der Waals surface area contributed by atoms with Crippen molar-refractivity contribution in [2.24, 2.45) is 11.7 Å². The van der Waals surface area contributed by atoms with E-state index in [2.05, 4.69) is 4.98 Å². The van der Waals surface area contributed by atoms with Gasteiger partial charge in [-0.15, -0.1) is 12.4 Å². The third-order valence-electron chi connectivity index (χ3n) is 3.52. The Balaban J connectivity index is 0.00000180. The average Bonchev–Trinajstić information content (AvgIpc) is 2.40. The molecule has 1 aromatic rings. The van der Waals surface area contributed by atoms with Gasteiger partial charge in [0, 0.05) is 25.5 Å². The molecule has 1 saturated heterocycles. The Bertz CT molecular complexity index is 384. The first kappa shape index (κ1) is 15.9. The molecule has 4 nitrogen and oxygen atoms in total. The van der Waals surface area contributed by atoms with Crippen LogP contribution in [0.5, 0.6) is 0 Å². The summed E-state index contributed by atoms with van der Waals surface area (Å²) in [4.78, 5) is 18.2. The van der Waals surface area contributed by atoms with Gasteiger partial charge in [0.05, 0.1) is 6.42 Å². The van der Waals surface area contributed by atoms with Gasteiger partial charge in [-0.25, -0.2) is 0 Å². The van der Waals surface area contributed by atoms with Crippen LogP contribution in [-0.4, -0.2) is 35.4 Å². The van der Waals surface area contributed by atoms with Gasteiger partial charge < -0.3 is 10.6 Å². The van der Waals surface area contributed by atoms with E-state index in [1.807, 2.05) is 17.0 Å². The number of pyridine rings is 1. The van der Waals surface area contributed by atoms with Crippen LogP contribution in [0.15, 0.2) is 24.5 Å². The summed E-state index contributed by atoms with van der Waals surface area (Å²) in [5.74, 6) is 0.798. The first-order valence-corrected chi connectivity index (χ1v) is 6.66. The maximum Gasteiger partial charge on any atom is 0.227 e. The van der Waals surface area contributed by atoms with Crippen molar-refractivity contribution in [1.82, 2.24) is 9.88 Å². The van der Waals surface area contributed by atoms with Crippen LogP contribution in [0.3, 0.4) is 0 Å². The van der Waals surface area contributed by atoms with Gasteiger partial charge >= 0.3 is 0 Å². The number of rotatable bonds is 4. The van der Waals surface area contributed by atoms with E-state index < -0.39 is 0 Å². The van der Waals surface area contributed by atoms with E-state index >= 15 is 0 Å². The molecule has 2 heterocycles. The Kier molecular flexibility index (Phi) is 6.81. The van der Waals surface area contributed by atoms with Gasteiger partial charge in [-0.3, -0.25) is 9.78 Å². The number of halogens is 1. The molecule has 0 saturated carbocycles. The van der Waals surface area contributed by atoms with Gasteiger partial charge in [0.25, 0.3) is 0 Å². The molecule has 1 aliphatic rings. The summed E-state index contributed by atoms with van der Waals surface area (Å²) in [7, 11) is 0. The van der Waals surface area contributed by atoms with Crippen LogP contribution in [0, 0.1) is 5.92 Å². The van der Waals surface area contributed by atoms with Crippen molar-refractivity contribution in [3.8, 4) is 0 Å². The minimum Gasteiger partial charge on any atom is -0.342 e. The van der Waals surface area contributed by atoms with Crippen LogP contribution >= 0.6 is 12.4 Å². The van der Waals surface area contributed by atoms with Crippen LogP contribution in [0.25, 0.3) is 0 Å². The van der Waals surface area contributed by atoms with Crippen LogP contribution in [-0.2, 0) is 11.2 Å². The van der Waals surface area contributed by atoms with Gasteiger partial charge in [-0.1, -0.05) is 6.07 Å². The Morgan fingerprint density at radius 3 is 3.05 bits per heavy atom. The molecular formula is C14H22ClN3O. The molecule has 0 aromatic carbocycles. The monoisotopic (exact) mass is 283 g/mol. The SMILES string of the molecule is Cl.NCCC1CCCN(C(=O)Cc2cccnc2)C1. The summed E-state index contributed by atoms with van der Waals surface area (Å²) in [5, 5.41) is 0. The molecule has 2 N–H and O–H groups in total. The Hall–Kier alpha value is -1.13. The van der Waals surface area contributed by atoms with E-state index in [0.717, 1.165) is 38.0 Å². The maximum atomic E-state index is 12.2. The van der Waals surface area contributed by atoms with E-state index in [1.165, 1.54) is 6.42 Å². The molecule has 1 fully saturated rings. The normalized spacial score (nSPS) is 18.8. The number of aromatic nitrogens is 1. The first-order valence-electron chi connectivity index (χ1n) is 6.66. The van der Waals surface area contributed by atoms with Gasteiger partial charge in [-0.2, -0.15) is 0 Å². The topological polar surface area (TPSA) is 59.2 Å². The van der Waals surface area contributed by atoms with Crippen LogP contribution in [0.4, 0.5) is 0 Å². The lowest BCUT2D eigenvalue weighted by Crippen LogP contribution is -2.41. The molecular weight excluding hydrogens is 262 g/mol. The van der Waals surface area contributed by atoms with Crippen molar-refractivity contribution in [2.75, 3.05) is 19.6 Å². The van der Waals surface area contributed by atoms with Gasteiger partial charge in [0.1, 0.15) is 0 Å². The second kappa shape index (κ2) is 8.12. The smallest absolute Gasteiger partial charge is 0.227 e. The van der Waals surface area contributed by atoms with Crippen LogP contribution in [0.1, 0.15) is 24.8 Å². The molecule has 1 unspecified atom stereocenters. The quantitative estimate of drug-likeness (QED) is 0.914. The number of amides is 1. The Labute approximate surface area is 120 Å². The fraction of sp³-hybridized carbons (Fsp3) is 0.571. The maximum absolute atomic E-state index is 12.2. The fourth-order valence-corrected chi connectivity index (χ4v) is 2.55. The van der Waals surface area contributed by atoms with E-state index in [0.29, 0.717) is 12.3 Å². The molecule has 1 aliphatic heterocycles. The van der Waals surface area contributed by atoms with Gasteiger partial charge in [0.2, 0.25) is 5.91 Å². The highest BCUT2D eigenvalue weighted by atomic mass is 35.5. The number of carbonyl (C=O) groups is 1. The summed E-state index contributed by atoms with van der Waals surface area (Å²) in [6.45, 7) is 2.48. The second-order valence-electron chi connectivity index (χ2n) is 4.96. The lowest BCUT2D eigenvalue weighted by atomic mass is 9.94. The van der Waals surface area contributed by atoms with E-state index in [1.54, 1.807) is 12.4 Å². The number of hydrogen-bond donors (Lipinski definition) is 1.